The predicted molar refractivity (Wildman–Crippen MR) is 54.3 cm³/mol. The summed E-state index contributed by atoms with van der Waals surface area (Å²) < 4.78 is 21.9. The SMILES string of the molecule is O=S(=O)(Cl)C1CCC(CBr)CC1. The molecule has 0 radical (unpaired) electrons. The number of hydrogen-bond acceptors (Lipinski definition) is 2. The Labute approximate surface area is 86.2 Å². The van der Waals surface area contributed by atoms with Gasteiger partial charge >= 0.3 is 0 Å². The highest BCUT2D eigenvalue weighted by Gasteiger charge is 2.28. The third-order valence-corrected chi connectivity index (χ3v) is 5.35. The first-order valence-corrected chi connectivity index (χ1v) is 7.53. The van der Waals surface area contributed by atoms with Crippen LogP contribution < -0.4 is 0 Å². The Morgan fingerprint density at radius 3 is 2.08 bits per heavy atom. The Balaban J connectivity index is 2.47. The van der Waals surface area contributed by atoms with Crippen LogP contribution in [0.15, 0.2) is 0 Å². The fraction of sp³-hybridized carbons (Fsp3) is 1.00. The van der Waals surface area contributed by atoms with Crippen LogP contribution in [0.4, 0.5) is 0 Å². The Morgan fingerprint density at radius 2 is 1.75 bits per heavy atom. The van der Waals surface area contributed by atoms with Crippen LogP contribution in [0, 0.1) is 5.92 Å². The van der Waals surface area contributed by atoms with Gasteiger partial charge in [0.1, 0.15) is 0 Å². The molecule has 0 N–H and O–H groups in total. The van der Waals surface area contributed by atoms with E-state index in [2.05, 4.69) is 15.9 Å². The topological polar surface area (TPSA) is 34.1 Å². The van der Waals surface area contributed by atoms with Crippen molar-refractivity contribution >= 4 is 35.7 Å². The zero-order valence-electron chi connectivity index (χ0n) is 6.67. The van der Waals surface area contributed by atoms with Crippen molar-refractivity contribution in [2.75, 3.05) is 5.33 Å². The molecule has 72 valence electrons. The fourth-order valence-corrected chi connectivity index (χ4v) is 3.58. The molecule has 0 unspecified atom stereocenters. The Kier molecular flexibility index (Phi) is 3.86. The molecule has 0 aliphatic heterocycles. The number of rotatable bonds is 2. The largest absolute Gasteiger partial charge is 0.235 e. The van der Waals surface area contributed by atoms with E-state index < -0.39 is 9.05 Å². The van der Waals surface area contributed by atoms with Crippen molar-refractivity contribution in [2.24, 2.45) is 5.92 Å². The molecular weight excluding hydrogens is 263 g/mol. The molecule has 0 aromatic carbocycles. The summed E-state index contributed by atoms with van der Waals surface area (Å²) in [7, 11) is 1.96. The third-order valence-electron chi connectivity index (χ3n) is 2.41. The van der Waals surface area contributed by atoms with Crippen molar-refractivity contribution in [1.82, 2.24) is 0 Å². The summed E-state index contributed by atoms with van der Waals surface area (Å²) in [5, 5.41) is 0.677. The van der Waals surface area contributed by atoms with Crippen molar-refractivity contribution in [3.8, 4) is 0 Å². The van der Waals surface area contributed by atoms with Crippen LogP contribution in [0.3, 0.4) is 0 Å². The molecule has 0 spiro atoms. The van der Waals surface area contributed by atoms with E-state index in [1.54, 1.807) is 0 Å². The van der Waals surface area contributed by atoms with Gasteiger partial charge in [0.25, 0.3) is 0 Å². The van der Waals surface area contributed by atoms with Crippen LogP contribution in [-0.4, -0.2) is 19.0 Å². The smallest absolute Gasteiger partial charge is 0.212 e. The van der Waals surface area contributed by atoms with Crippen LogP contribution in [0.2, 0.25) is 0 Å². The summed E-state index contributed by atoms with van der Waals surface area (Å²) in [6, 6.07) is 0. The van der Waals surface area contributed by atoms with Crippen LogP contribution in [0.25, 0.3) is 0 Å². The molecule has 0 atom stereocenters. The highest BCUT2D eigenvalue weighted by Crippen LogP contribution is 2.30. The highest BCUT2D eigenvalue weighted by atomic mass is 79.9. The van der Waals surface area contributed by atoms with Gasteiger partial charge in [-0.15, -0.1) is 0 Å². The van der Waals surface area contributed by atoms with Gasteiger partial charge in [-0.2, -0.15) is 0 Å². The fourth-order valence-electron chi connectivity index (χ4n) is 1.57. The second kappa shape index (κ2) is 4.29. The summed E-state index contributed by atoms with van der Waals surface area (Å²) >= 11 is 3.40. The standard InChI is InChI=1S/C7H12BrClO2S/c8-5-6-1-3-7(4-2-6)12(9,10)11/h6-7H,1-5H2. The lowest BCUT2D eigenvalue weighted by molar-refractivity contribution is 0.391. The van der Waals surface area contributed by atoms with E-state index in [1.807, 2.05) is 0 Å². The molecule has 0 amide bonds. The van der Waals surface area contributed by atoms with Crippen molar-refractivity contribution < 1.29 is 8.42 Å². The van der Waals surface area contributed by atoms with E-state index >= 15 is 0 Å². The first kappa shape index (κ1) is 10.8. The monoisotopic (exact) mass is 274 g/mol. The van der Waals surface area contributed by atoms with Gasteiger partial charge in [0.05, 0.1) is 5.25 Å². The van der Waals surface area contributed by atoms with Gasteiger partial charge in [0.15, 0.2) is 0 Å². The molecule has 0 heterocycles. The van der Waals surface area contributed by atoms with E-state index in [-0.39, 0.29) is 5.25 Å². The lowest BCUT2D eigenvalue weighted by Gasteiger charge is -2.24. The molecule has 1 aliphatic carbocycles. The molecule has 0 bridgehead atoms. The Bertz CT molecular complexity index is 232. The van der Waals surface area contributed by atoms with Gasteiger partial charge in [-0.1, -0.05) is 15.9 Å². The molecule has 12 heavy (non-hydrogen) atoms. The summed E-state index contributed by atoms with van der Waals surface area (Å²) in [5.74, 6) is 0.639. The number of hydrogen-bond donors (Lipinski definition) is 0. The first-order chi connectivity index (χ1) is 5.54. The molecule has 1 saturated carbocycles. The van der Waals surface area contributed by atoms with E-state index in [0.717, 1.165) is 31.0 Å². The van der Waals surface area contributed by atoms with Crippen LogP contribution in [-0.2, 0) is 9.05 Å². The quantitative estimate of drug-likeness (QED) is 0.573. The minimum atomic E-state index is -3.30. The minimum absolute atomic E-state index is 0.297. The Morgan fingerprint density at radius 1 is 1.25 bits per heavy atom. The van der Waals surface area contributed by atoms with E-state index in [0.29, 0.717) is 5.92 Å². The van der Waals surface area contributed by atoms with Gasteiger partial charge < -0.3 is 0 Å². The Hall–Kier alpha value is 0.720. The van der Waals surface area contributed by atoms with Crippen LogP contribution >= 0.6 is 26.6 Å². The lowest BCUT2D eigenvalue weighted by atomic mass is 9.91. The van der Waals surface area contributed by atoms with Gasteiger partial charge in [0.2, 0.25) is 9.05 Å². The van der Waals surface area contributed by atoms with Crippen molar-refractivity contribution in [2.45, 2.75) is 30.9 Å². The normalized spacial score (nSPS) is 31.8. The second-order valence-electron chi connectivity index (χ2n) is 3.27. The van der Waals surface area contributed by atoms with E-state index in [9.17, 15) is 8.42 Å². The maximum absolute atomic E-state index is 10.9. The van der Waals surface area contributed by atoms with Gasteiger partial charge in [-0.25, -0.2) is 8.42 Å². The van der Waals surface area contributed by atoms with Gasteiger partial charge in [0, 0.05) is 16.0 Å². The lowest BCUT2D eigenvalue weighted by Crippen LogP contribution is -2.24. The number of halogens is 2. The summed E-state index contributed by atoms with van der Waals surface area (Å²) in [5.41, 5.74) is 0. The second-order valence-corrected chi connectivity index (χ2v) is 6.83. The predicted octanol–water partition coefficient (Wildman–Crippen LogP) is 2.51. The van der Waals surface area contributed by atoms with Gasteiger partial charge in [-0.3, -0.25) is 0 Å². The molecular formula is C7H12BrClO2S. The molecule has 1 aliphatic rings. The van der Waals surface area contributed by atoms with Gasteiger partial charge in [-0.05, 0) is 31.6 Å². The molecule has 1 fully saturated rings. The maximum atomic E-state index is 10.9. The molecule has 5 heteroatoms. The zero-order chi connectivity index (χ0) is 9.19. The molecule has 0 aromatic heterocycles. The average molecular weight is 276 g/mol. The van der Waals surface area contributed by atoms with Crippen molar-refractivity contribution in [3.63, 3.8) is 0 Å². The molecule has 1 rings (SSSR count). The highest BCUT2D eigenvalue weighted by molar-refractivity contribution is 9.09. The summed E-state index contributed by atoms with van der Waals surface area (Å²) in [6.07, 6.45) is 3.40. The van der Waals surface area contributed by atoms with Crippen LogP contribution in [0.5, 0.6) is 0 Å². The minimum Gasteiger partial charge on any atom is -0.212 e. The van der Waals surface area contributed by atoms with E-state index in [1.165, 1.54) is 0 Å². The number of alkyl halides is 1. The summed E-state index contributed by atoms with van der Waals surface area (Å²) in [4.78, 5) is 0. The van der Waals surface area contributed by atoms with E-state index in [4.69, 9.17) is 10.7 Å². The summed E-state index contributed by atoms with van der Waals surface area (Å²) in [6.45, 7) is 0. The third kappa shape index (κ3) is 2.89. The van der Waals surface area contributed by atoms with Crippen LogP contribution in [0.1, 0.15) is 25.7 Å². The zero-order valence-corrected chi connectivity index (χ0v) is 9.83. The van der Waals surface area contributed by atoms with Crippen molar-refractivity contribution in [3.05, 3.63) is 0 Å². The first-order valence-electron chi connectivity index (χ1n) is 4.03. The maximum Gasteiger partial charge on any atom is 0.235 e. The van der Waals surface area contributed by atoms with Crippen molar-refractivity contribution in [1.29, 1.82) is 0 Å². The molecule has 0 saturated heterocycles. The average Bonchev–Trinajstić information content (AvgIpc) is 2.03. The molecule has 0 aromatic rings. The molecule has 2 nitrogen and oxygen atoms in total.